The van der Waals surface area contributed by atoms with E-state index in [0.29, 0.717) is 0 Å². The molecule has 0 aromatic rings. The van der Waals surface area contributed by atoms with Crippen LogP contribution in [0.1, 0.15) is 79.1 Å². The Morgan fingerprint density at radius 1 is 0.824 bits per heavy atom. The molecule has 104 valence electrons. The lowest BCUT2D eigenvalue weighted by atomic mass is 9.97. The fraction of sp³-hybridized carbons (Fsp3) is 1.00. The summed E-state index contributed by atoms with van der Waals surface area (Å²) in [7, 11) is 0. The van der Waals surface area contributed by atoms with Gasteiger partial charge in [0.1, 0.15) is 0 Å². The lowest BCUT2D eigenvalue weighted by Gasteiger charge is -2.16. The third kappa shape index (κ3) is 12.2. The molecule has 1 unspecified atom stereocenters. The minimum Gasteiger partial charge on any atom is -0.316 e. The summed E-state index contributed by atoms with van der Waals surface area (Å²) < 4.78 is 0. The minimum atomic E-state index is 0.779. The van der Waals surface area contributed by atoms with E-state index in [0.717, 1.165) is 11.8 Å². The Hall–Kier alpha value is -0.0400. The molecule has 0 bridgehead atoms. The van der Waals surface area contributed by atoms with Crippen LogP contribution >= 0.6 is 0 Å². The average molecular weight is 241 g/mol. The van der Waals surface area contributed by atoms with Gasteiger partial charge in [0, 0.05) is 0 Å². The van der Waals surface area contributed by atoms with Crippen LogP contribution in [-0.2, 0) is 0 Å². The molecule has 0 radical (unpaired) electrons. The van der Waals surface area contributed by atoms with Crippen molar-refractivity contribution in [3.8, 4) is 0 Å². The van der Waals surface area contributed by atoms with Gasteiger partial charge in [-0.05, 0) is 31.3 Å². The van der Waals surface area contributed by atoms with Crippen LogP contribution in [0, 0.1) is 11.8 Å². The van der Waals surface area contributed by atoms with Crippen molar-refractivity contribution in [3.63, 3.8) is 0 Å². The first kappa shape index (κ1) is 17.0. The Morgan fingerprint density at radius 2 is 1.47 bits per heavy atom. The maximum absolute atomic E-state index is 3.60. The van der Waals surface area contributed by atoms with Crippen LogP contribution in [0.3, 0.4) is 0 Å². The lowest BCUT2D eigenvalue weighted by molar-refractivity contribution is 0.399. The maximum atomic E-state index is 3.60. The summed E-state index contributed by atoms with van der Waals surface area (Å²) in [6, 6.07) is 0. The molecular weight excluding hydrogens is 206 g/mol. The van der Waals surface area contributed by atoms with E-state index in [-0.39, 0.29) is 0 Å². The standard InChI is InChI=1S/C16H35N/c1-5-7-8-9-10-11-12-16(6-2)14-17-13-15(3)4/h15-17H,5-14H2,1-4H3. The predicted molar refractivity (Wildman–Crippen MR) is 79.5 cm³/mol. The number of unbranched alkanes of at least 4 members (excludes halogenated alkanes) is 5. The summed E-state index contributed by atoms with van der Waals surface area (Å²) in [6.45, 7) is 11.6. The molecule has 1 heteroatoms. The highest BCUT2D eigenvalue weighted by Gasteiger charge is 2.05. The second-order valence-electron chi connectivity index (χ2n) is 5.88. The van der Waals surface area contributed by atoms with E-state index in [1.165, 1.54) is 64.5 Å². The van der Waals surface area contributed by atoms with Crippen molar-refractivity contribution < 1.29 is 0 Å². The van der Waals surface area contributed by atoms with Crippen LogP contribution in [0.25, 0.3) is 0 Å². The van der Waals surface area contributed by atoms with Crippen LogP contribution in [0.4, 0.5) is 0 Å². The van der Waals surface area contributed by atoms with Crippen LogP contribution in [-0.4, -0.2) is 13.1 Å². The maximum Gasteiger partial charge on any atom is -0.00205 e. The minimum absolute atomic E-state index is 0.779. The summed E-state index contributed by atoms with van der Waals surface area (Å²) >= 11 is 0. The smallest absolute Gasteiger partial charge is 0.00205 e. The molecule has 0 fully saturated rings. The van der Waals surface area contributed by atoms with E-state index in [1.807, 2.05) is 0 Å². The van der Waals surface area contributed by atoms with Crippen molar-refractivity contribution in [1.29, 1.82) is 0 Å². The molecule has 17 heavy (non-hydrogen) atoms. The fourth-order valence-electron chi connectivity index (χ4n) is 2.24. The van der Waals surface area contributed by atoms with Gasteiger partial charge in [-0.2, -0.15) is 0 Å². The molecule has 0 amide bonds. The molecule has 0 heterocycles. The van der Waals surface area contributed by atoms with Crippen LogP contribution in [0.2, 0.25) is 0 Å². The van der Waals surface area contributed by atoms with Gasteiger partial charge in [0.15, 0.2) is 0 Å². The number of rotatable bonds is 12. The molecule has 0 rings (SSSR count). The van der Waals surface area contributed by atoms with Gasteiger partial charge < -0.3 is 5.32 Å². The van der Waals surface area contributed by atoms with E-state index < -0.39 is 0 Å². The summed E-state index contributed by atoms with van der Waals surface area (Å²) in [5, 5.41) is 3.60. The monoisotopic (exact) mass is 241 g/mol. The normalized spacial score (nSPS) is 13.2. The van der Waals surface area contributed by atoms with Crippen LogP contribution < -0.4 is 5.32 Å². The number of hydrogen-bond donors (Lipinski definition) is 1. The van der Waals surface area contributed by atoms with E-state index in [4.69, 9.17) is 0 Å². The highest BCUT2D eigenvalue weighted by atomic mass is 14.9. The van der Waals surface area contributed by atoms with E-state index in [2.05, 4.69) is 33.0 Å². The Labute approximate surface area is 110 Å². The molecule has 0 spiro atoms. The Bertz CT molecular complexity index is 142. The van der Waals surface area contributed by atoms with Gasteiger partial charge in [-0.15, -0.1) is 0 Å². The summed E-state index contributed by atoms with van der Waals surface area (Å²) in [5.41, 5.74) is 0. The first-order valence-corrected chi connectivity index (χ1v) is 7.91. The quantitative estimate of drug-likeness (QED) is 0.474. The highest BCUT2D eigenvalue weighted by Crippen LogP contribution is 2.14. The van der Waals surface area contributed by atoms with Gasteiger partial charge in [0.25, 0.3) is 0 Å². The molecule has 0 aromatic carbocycles. The van der Waals surface area contributed by atoms with E-state index in [9.17, 15) is 0 Å². The summed E-state index contributed by atoms with van der Waals surface area (Å²) in [4.78, 5) is 0. The molecule has 0 aromatic heterocycles. The largest absolute Gasteiger partial charge is 0.316 e. The van der Waals surface area contributed by atoms with Crippen molar-refractivity contribution in [2.75, 3.05) is 13.1 Å². The van der Waals surface area contributed by atoms with Crippen molar-refractivity contribution in [3.05, 3.63) is 0 Å². The fourth-order valence-corrected chi connectivity index (χ4v) is 2.24. The van der Waals surface area contributed by atoms with Gasteiger partial charge in [-0.3, -0.25) is 0 Å². The Balaban J connectivity index is 3.35. The van der Waals surface area contributed by atoms with Crippen LogP contribution in [0.5, 0.6) is 0 Å². The molecule has 0 aliphatic carbocycles. The summed E-state index contributed by atoms with van der Waals surface area (Å²) in [5.74, 6) is 1.68. The van der Waals surface area contributed by atoms with Gasteiger partial charge in [-0.25, -0.2) is 0 Å². The lowest BCUT2D eigenvalue weighted by Crippen LogP contribution is -2.26. The third-order valence-corrected chi connectivity index (χ3v) is 3.53. The van der Waals surface area contributed by atoms with E-state index in [1.54, 1.807) is 0 Å². The zero-order chi connectivity index (χ0) is 12.9. The first-order chi connectivity index (χ1) is 8.20. The van der Waals surface area contributed by atoms with Crippen molar-refractivity contribution in [2.24, 2.45) is 11.8 Å². The predicted octanol–water partition coefficient (Wildman–Crippen LogP) is 5.01. The second kappa shape index (κ2) is 12.4. The molecule has 1 N–H and O–H groups in total. The zero-order valence-electron chi connectivity index (χ0n) is 12.7. The van der Waals surface area contributed by atoms with Crippen LogP contribution in [0.15, 0.2) is 0 Å². The Kier molecular flexibility index (Phi) is 12.4. The SMILES string of the molecule is CCCCCCCCC(CC)CNCC(C)C. The molecular formula is C16H35N. The topological polar surface area (TPSA) is 12.0 Å². The first-order valence-electron chi connectivity index (χ1n) is 7.91. The van der Waals surface area contributed by atoms with E-state index >= 15 is 0 Å². The summed E-state index contributed by atoms with van der Waals surface area (Å²) in [6.07, 6.45) is 11.3. The number of nitrogens with one attached hydrogen (secondary N) is 1. The van der Waals surface area contributed by atoms with Crippen molar-refractivity contribution >= 4 is 0 Å². The second-order valence-corrected chi connectivity index (χ2v) is 5.88. The molecule has 0 aliphatic heterocycles. The molecule has 0 aliphatic rings. The Morgan fingerprint density at radius 3 is 2.06 bits per heavy atom. The average Bonchev–Trinajstić information content (AvgIpc) is 2.30. The highest BCUT2D eigenvalue weighted by molar-refractivity contribution is 4.62. The molecule has 1 nitrogen and oxygen atoms in total. The molecule has 1 atom stereocenters. The third-order valence-electron chi connectivity index (χ3n) is 3.53. The van der Waals surface area contributed by atoms with Gasteiger partial charge in [-0.1, -0.05) is 72.6 Å². The zero-order valence-corrected chi connectivity index (χ0v) is 12.7. The molecule has 0 saturated carbocycles. The van der Waals surface area contributed by atoms with Gasteiger partial charge in [0.05, 0.1) is 0 Å². The molecule has 0 saturated heterocycles. The number of hydrogen-bond acceptors (Lipinski definition) is 1. The van der Waals surface area contributed by atoms with Crippen molar-refractivity contribution in [1.82, 2.24) is 5.32 Å². The van der Waals surface area contributed by atoms with Gasteiger partial charge in [0.2, 0.25) is 0 Å². The van der Waals surface area contributed by atoms with Gasteiger partial charge >= 0.3 is 0 Å². The van der Waals surface area contributed by atoms with Crippen molar-refractivity contribution in [2.45, 2.75) is 79.1 Å².